The molecule has 0 amide bonds. The van der Waals surface area contributed by atoms with Crippen LogP contribution in [0.15, 0.2) is 29.1 Å². The molecule has 3 nitrogen and oxygen atoms in total. The molecule has 0 spiro atoms. The quantitative estimate of drug-likeness (QED) is 0.846. The van der Waals surface area contributed by atoms with Crippen LogP contribution in [0.25, 0.3) is 0 Å². The maximum absolute atomic E-state index is 14.2. The van der Waals surface area contributed by atoms with Crippen LogP contribution < -0.4 is 10.2 Å². The Morgan fingerprint density at radius 2 is 2.19 bits per heavy atom. The van der Waals surface area contributed by atoms with Gasteiger partial charge in [0.1, 0.15) is 5.82 Å². The monoisotopic (exact) mass is 307 g/mol. The van der Waals surface area contributed by atoms with Crippen LogP contribution in [-0.2, 0) is 13.1 Å². The van der Waals surface area contributed by atoms with E-state index in [0.29, 0.717) is 24.7 Å². The number of hydrogen-bond acceptors (Lipinski definition) is 4. The summed E-state index contributed by atoms with van der Waals surface area (Å²) in [4.78, 5) is 6.19. The lowest BCUT2D eigenvalue weighted by Gasteiger charge is -2.22. The molecule has 0 fully saturated rings. The van der Waals surface area contributed by atoms with Crippen LogP contribution in [-0.4, -0.2) is 18.6 Å². The molecule has 1 N–H and O–H groups in total. The number of nitrogens with zero attached hydrogens (tertiary/aromatic N) is 2. The molecule has 0 aliphatic carbocycles. The molecule has 1 aromatic carbocycles. The number of benzene rings is 1. The number of hydrogen-bond donors (Lipinski definition) is 1. The zero-order valence-corrected chi connectivity index (χ0v) is 13.6. The van der Waals surface area contributed by atoms with Gasteiger partial charge in [-0.25, -0.2) is 9.37 Å². The first kappa shape index (κ1) is 15.9. The van der Waals surface area contributed by atoms with Gasteiger partial charge in [0.25, 0.3) is 0 Å². The average molecular weight is 307 g/mol. The summed E-state index contributed by atoms with van der Waals surface area (Å²) in [5.74, 6) is 0.395. The van der Waals surface area contributed by atoms with Gasteiger partial charge in [-0.15, -0.1) is 11.3 Å². The Morgan fingerprint density at radius 1 is 1.38 bits per heavy atom. The van der Waals surface area contributed by atoms with Crippen LogP contribution >= 0.6 is 11.3 Å². The van der Waals surface area contributed by atoms with Gasteiger partial charge in [-0.2, -0.15) is 0 Å². The highest BCUT2D eigenvalue weighted by Gasteiger charge is 2.14. The molecule has 0 aliphatic rings. The van der Waals surface area contributed by atoms with E-state index in [2.05, 4.69) is 24.1 Å². The van der Waals surface area contributed by atoms with Crippen LogP contribution in [0.5, 0.6) is 0 Å². The number of thiazole rings is 1. The Balaban J connectivity index is 2.12. The van der Waals surface area contributed by atoms with Gasteiger partial charge in [-0.3, -0.25) is 0 Å². The molecule has 1 aromatic heterocycles. The van der Waals surface area contributed by atoms with Crippen molar-refractivity contribution in [1.29, 1.82) is 0 Å². The largest absolute Gasteiger partial charge is 0.366 e. The highest BCUT2D eigenvalue weighted by atomic mass is 32.1. The zero-order valence-electron chi connectivity index (χ0n) is 12.8. The van der Waals surface area contributed by atoms with Gasteiger partial charge in [-0.1, -0.05) is 26.0 Å². The number of nitrogens with one attached hydrogen (secondary N) is 1. The first-order valence-electron chi connectivity index (χ1n) is 7.14. The molecule has 0 atom stereocenters. The molecule has 0 radical (unpaired) electrons. The van der Waals surface area contributed by atoms with E-state index >= 15 is 0 Å². The minimum Gasteiger partial charge on any atom is -0.366 e. The second kappa shape index (κ2) is 7.52. The number of anilines is 1. The maximum atomic E-state index is 14.2. The Labute approximate surface area is 129 Å². The van der Waals surface area contributed by atoms with Crippen molar-refractivity contribution in [2.75, 3.05) is 18.5 Å². The zero-order chi connectivity index (χ0) is 15.2. The topological polar surface area (TPSA) is 28.2 Å². The highest BCUT2D eigenvalue weighted by molar-refractivity contribution is 7.07. The number of halogens is 1. The Kier molecular flexibility index (Phi) is 5.70. The van der Waals surface area contributed by atoms with E-state index in [0.717, 1.165) is 17.8 Å². The van der Waals surface area contributed by atoms with Gasteiger partial charge in [0, 0.05) is 19.0 Å². The summed E-state index contributed by atoms with van der Waals surface area (Å²) in [5.41, 5.74) is 4.40. The number of rotatable bonds is 7. The standard InChI is InChI=1S/C16H22FN3S/c1-12(2)7-18-8-13-5-4-6-15(17)16(13)20(3)9-14-10-21-11-19-14/h4-6,10-12,18H,7-9H2,1-3H3. The second-order valence-electron chi connectivity index (χ2n) is 5.61. The lowest BCUT2D eigenvalue weighted by Crippen LogP contribution is -2.23. The normalized spacial score (nSPS) is 11.1. The van der Waals surface area contributed by atoms with Crippen LogP contribution in [0.4, 0.5) is 10.1 Å². The van der Waals surface area contributed by atoms with E-state index in [-0.39, 0.29) is 5.82 Å². The molecule has 0 unspecified atom stereocenters. The van der Waals surface area contributed by atoms with Crippen molar-refractivity contribution in [2.45, 2.75) is 26.9 Å². The molecule has 0 saturated carbocycles. The molecular weight excluding hydrogens is 285 g/mol. The van der Waals surface area contributed by atoms with Gasteiger partial charge >= 0.3 is 0 Å². The molecule has 0 aliphatic heterocycles. The van der Waals surface area contributed by atoms with Gasteiger partial charge in [-0.05, 0) is 24.1 Å². The molecule has 2 rings (SSSR count). The van der Waals surface area contributed by atoms with Gasteiger partial charge in [0.2, 0.25) is 0 Å². The van der Waals surface area contributed by atoms with Gasteiger partial charge in [0.15, 0.2) is 0 Å². The van der Waals surface area contributed by atoms with Crippen molar-refractivity contribution in [2.24, 2.45) is 5.92 Å². The summed E-state index contributed by atoms with van der Waals surface area (Å²) in [5, 5.41) is 5.37. The summed E-state index contributed by atoms with van der Waals surface area (Å²) in [6.45, 7) is 6.53. The van der Waals surface area contributed by atoms with E-state index in [9.17, 15) is 4.39 Å². The summed E-state index contributed by atoms with van der Waals surface area (Å²) >= 11 is 1.56. The van der Waals surface area contributed by atoms with Crippen molar-refractivity contribution < 1.29 is 4.39 Å². The Hall–Kier alpha value is -1.46. The van der Waals surface area contributed by atoms with Crippen LogP contribution in [0, 0.1) is 11.7 Å². The summed E-state index contributed by atoms with van der Waals surface area (Å²) in [6, 6.07) is 5.25. The lowest BCUT2D eigenvalue weighted by atomic mass is 10.1. The predicted molar refractivity (Wildman–Crippen MR) is 87.2 cm³/mol. The van der Waals surface area contributed by atoms with E-state index in [1.807, 2.05) is 23.4 Å². The van der Waals surface area contributed by atoms with Crippen molar-refractivity contribution in [3.63, 3.8) is 0 Å². The van der Waals surface area contributed by atoms with Crippen molar-refractivity contribution in [3.05, 3.63) is 46.2 Å². The lowest BCUT2D eigenvalue weighted by molar-refractivity contribution is 0.549. The summed E-state index contributed by atoms with van der Waals surface area (Å²) in [7, 11) is 1.91. The molecule has 0 bridgehead atoms. The first-order valence-corrected chi connectivity index (χ1v) is 8.08. The van der Waals surface area contributed by atoms with E-state index in [4.69, 9.17) is 0 Å². The minimum atomic E-state index is -0.184. The SMILES string of the molecule is CC(C)CNCc1cccc(F)c1N(C)Cc1cscn1. The molecule has 114 valence electrons. The first-order chi connectivity index (χ1) is 10.1. The fourth-order valence-electron chi connectivity index (χ4n) is 2.26. The molecule has 2 aromatic rings. The summed E-state index contributed by atoms with van der Waals surface area (Å²) < 4.78 is 14.2. The third kappa shape index (κ3) is 4.51. The van der Waals surface area contributed by atoms with E-state index < -0.39 is 0 Å². The van der Waals surface area contributed by atoms with Crippen molar-refractivity contribution in [3.8, 4) is 0 Å². The molecule has 0 saturated heterocycles. The van der Waals surface area contributed by atoms with Crippen molar-refractivity contribution >= 4 is 17.0 Å². The molecular formula is C16H22FN3S. The molecule has 1 heterocycles. The third-order valence-corrected chi connectivity index (χ3v) is 3.84. The highest BCUT2D eigenvalue weighted by Crippen LogP contribution is 2.25. The van der Waals surface area contributed by atoms with Crippen LogP contribution in [0.2, 0.25) is 0 Å². The predicted octanol–water partition coefficient (Wildman–Crippen LogP) is 3.66. The fraction of sp³-hybridized carbons (Fsp3) is 0.438. The minimum absolute atomic E-state index is 0.184. The maximum Gasteiger partial charge on any atom is 0.146 e. The van der Waals surface area contributed by atoms with Crippen molar-refractivity contribution in [1.82, 2.24) is 10.3 Å². The second-order valence-corrected chi connectivity index (χ2v) is 6.33. The third-order valence-electron chi connectivity index (χ3n) is 3.20. The Morgan fingerprint density at radius 3 is 2.86 bits per heavy atom. The van der Waals surface area contributed by atoms with Gasteiger partial charge in [0.05, 0.1) is 23.4 Å². The number of aromatic nitrogens is 1. The van der Waals surface area contributed by atoms with Gasteiger partial charge < -0.3 is 10.2 Å². The van der Waals surface area contributed by atoms with Crippen LogP contribution in [0.1, 0.15) is 25.1 Å². The van der Waals surface area contributed by atoms with E-state index in [1.165, 1.54) is 6.07 Å². The van der Waals surface area contributed by atoms with Crippen LogP contribution in [0.3, 0.4) is 0 Å². The van der Waals surface area contributed by atoms with E-state index in [1.54, 1.807) is 22.9 Å². The fourth-order valence-corrected chi connectivity index (χ4v) is 2.81. The summed E-state index contributed by atoms with van der Waals surface area (Å²) in [6.07, 6.45) is 0. The number of para-hydroxylation sites is 1. The average Bonchev–Trinajstić information content (AvgIpc) is 2.91. The molecule has 5 heteroatoms. The smallest absolute Gasteiger partial charge is 0.146 e. The molecule has 21 heavy (non-hydrogen) atoms. The Bertz CT molecular complexity index is 555.